The summed E-state index contributed by atoms with van der Waals surface area (Å²) in [7, 11) is 0. The van der Waals surface area contributed by atoms with Gasteiger partial charge in [-0.05, 0) is 12.1 Å². The molecule has 0 saturated heterocycles. The largest absolute Gasteiger partial charge is 1.00 e. The molecule has 16 heavy (non-hydrogen) atoms. The van der Waals surface area contributed by atoms with Crippen molar-refractivity contribution < 1.29 is 66.4 Å². The zero-order valence-corrected chi connectivity index (χ0v) is 11.7. The number of aromatic carboxylic acids is 1. The topological polar surface area (TPSA) is 78.2 Å². The van der Waals surface area contributed by atoms with Gasteiger partial charge in [0.05, 0.1) is 17.9 Å². The van der Waals surface area contributed by atoms with Crippen molar-refractivity contribution in [2.75, 3.05) is 0 Å². The van der Waals surface area contributed by atoms with E-state index in [1.165, 1.54) is 10.9 Å². The quantitative estimate of drug-likeness (QED) is 0.567. The standard InChI is InChI=1S/C10H8N2O3.K/c13-8-6-12(11-9(8)10(14)15)7-4-2-1-3-5-7;/h1-6,13H,(H,14,15);/q;+1/p-1. The van der Waals surface area contributed by atoms with E-state index in [4.69, 9.17) is 0 Å². The van der Waals surface area contributed by atoms with Crippen LogP contribution in [0.3, 0.4) is 0 Å². The van der Waals surface area contributed by atoms with Gasteiger partial charge < -0.3 is 15.0 Å². The Morgan fingerprint density at radius 3 is 2.44 bits per heavy atom. The number of carboxylic acid groups (broad SMARTS) is 1. The van der Waals surface area contributed by atoms with Gasteiger partial charge in [-0.3, -0.25) is 0 Å². The second-order valence-electron chi connectivity index (χ2n) is 2.93. The van der Waals surface area contributed by atoms with Crippen LogP contribution in [0, 0.1) is 0 Å². The van der Waals surface area contributed by atoms with Gasteiger partial charge in [-0.15, -0.1) is 0 Å². The summed E-state index contributed by atoms with van der Waals surface area (Å²) in [6, 6.07) is 8.88. The van der Waals surface area contributed by atoms with Crippen LogP contribution in [0.5, 0.6) is 5.75 Å². The first-order valence-electron chi connectivity index (χ1n) is 4.24. The fourth-order valence-corrected chi connectivity index (χ4v) is 1.22. The van der Waals surface area contributed by atoms with Gasteiger partial charge in [0.25, 0.3) is 0 Å². The van der Waals surface area contributed by atoms with E-state index in [0.717, 1.165) is 0 Å². The van der Waals surface area contributed by atoms with Gasteiger partial charge in [0, 0.05) is 0 Å². The molecule has 0 aliphatic heterocycles. The van der Waals surface area contributed by atoms with E-state index in [-0.39, 0.29) is 51.4 Å². The van der Waals surface area contributed by atoms with E-state index in [2.05, 4.69) is 5.10 Å². The van der Waals surface area contributed by atoms with Crippen molar-refractivity contribution in [1.29, 1.82) is 0 Å². The third-order valence-corrected chi connectivity index (χ3v) is 1.91. The number of aromatic hydroxyl groups is 1. The molecule has 0 aliphatic rings. The Morgan fingerprint density at radius 1 is 1.31 bits per heavy atom. The van der Waals surface area contributed by atoms with Gasteiger partial charge in [0.2, 0.25) is 0 Å². The molecule has 5 nitrogen and oxygen atoms in total. The minimum Gasteiger partial charge on any atom is -0.543 e. The van der Waals surface area contributed by atoms with Crippen molar-refractivity contribution in [3.8, 4) is 11.4 Å². The number of nitrogens with zero attached hydrogens (tertiary/aromatic N) is 2. The van der Waals surface area contributed by atoms with Crippen LogP contribution in [-0.4, -0.2) is 20.9 Å². The molecule has 2 rings (SSSR count). The first kappa shape index (κ1) is 13.4. The van der Waals surface area contributed by atoms with Crippen LogP contribution in [0.2, 0.25) is 0 Å². The molecule has 6 heteroatoms. The minimum atomic E-state index is -1.50. The molecule has 0 bridgehead atoms. The third kappa shape index (κ3) is 2.72. The van der Waals surface area contributed by atoms with Crippen molar-refractivity contribution in [3.63, 3.8) is 0 Å². The van der Waals surface area contributed by atoms with Gasteiger partial charge in [-0.25, -0.2) is 4.68 Å². The van der Waals surface area contributed by atoms with Crippen LogP contribution >= 0.6 is 0 Å². The van der Waals surface area contributed by atoms with Crippen molar-refractivity contribution in [2.45, 2.75) is 0 Å². The van der Waals surface area contributed by atoms with Crippen LogP contribution in [0.4, 0.5) is 0 Å². The summed E-state index contributed by atoms with van der Waals surface area (Å²) in [6.45, 7) is 0. The number of aromatic nitrogens is 2. The summed E-state index contributed by atoms with van der Waals surface area (Å²) >= 11 is 0. The number of carbonyl (C=O) groups is 1. The van der Waals surface area contributed by atoms with Gasteiger partial charge in [-0.1, -0.05) is 18.2 Å². The Bertz CT molecular complexity index is 496. The van der Waals surface area contributed by atoms with Crippen LogP contribution in [0.15, 0.2) is 36.5 Å². The molecule has 1 aromatic carbocycles. The number of rotatable bonds is 2. The summed E-state index contributed by atoms with van der Waals surface area (Å²) in [4.78, 5) is 10.5. The summed E-state index contributed by atoms with van der Waals surface area (Å²) < 4.78 is 1.28. The van der Waals surface area contributed by atoms with Crippen LogP contribution in [-0.2, 0) is 0 Å². The Hall–Kier alpha value is -0.664. The normalized spacial score (nSPS) is 9.50. The molecule has 0 saturated carbocycles. The first-order valence-corrected chi connectivity index (χ1v) is 4.24. The fraction of sp³-hybridized carbons (Fsp3) is 0. The van der Waals surface area contributed by atoms with Crippen LogP contribution in [0.25, 0.3) is 5.69 Å². The predicted molar refractivity (Wildman–Crippen MR) is 49.6 cm³/mol. The monoisotopic (exact) mass is 242 g/mol. The smallest absolute Gasteiger partial charge is 0.543 e. The number of hydrogen-bond donors (Lipinski definition) is 1. The zero-order chi connectivity index (χ0) is 10.8. The molecule has 1 N–H and O–H groups in total. The van der Waals surface area contributed by atoms with E-state index >= 15 is 0 Å². The summed E-state index contributed by atoms with van der Waals surface area (Å²) in [5.41, 5.74) is 0.208. The van der Waals surface area contributed by atoms with Crippen LogP contribution in [0.1, 0.15) is 10.5 Å². The molecule has 0 fully saturated rings. The van der Waals surface area contributed by atoms with E-state index in [1.54, 1.807) is 24.3 Å². The van der Waals surface area contributed by atoms with Crippen molar-refractivity contribution in [3.05, 3.63) is 42.2 Å². The summed E-state index contributed by atoms with van der Waals surface area (Å²) in [5.74, 6) is -1.90. The SMILES string of the molecule is O=C([O-])c1nn(-c2ccccc2)cc1O.[K+]. The van der Waals surface area contributed by atoms with Gasteiger partial charge in [0.1, 0.15) is 5.69 Å². The number of carboxylic acids is 1. The number of benzene rings is 1. The Kier molecular flexibility index (Phi) is 4.69. The molecular weight excluding hydrogens is 235 g/mol. The Balaban J connectivity index is 0.00000128. The third-order valence-electron chi connectivity index (χ3n) is 1.91. The molecule has 1 heterocycles. The molecule has 0 atom stereocenters. The number of hydrogen-bond acceptors (Lipinski definition) is 4. The van der Waals surface area contributed by atoms with Gasteiger partial charge >= 0.3 is 51.4 Å². The van der Waals surface area contributed by atoms with Gasteiger partial charge in [-0.2, -0.15) is 5.10 Å². The molecule has 2 aromatic rings. The number of carbonyl (C=O) groups excluding carboxylic acids is 1. The summed E-state index contributed by atoms with van der Waals surface area (Å²) in [5, 5.41) is 23.5. The Morgan fingerprint density at radius 2 is 1.94 bits per heavy atom. The molecule has 0 unspecified atom stereocenters. The molecule has 76 valence electrons. The van der Waals surface area contributed by atoms with E-state index in [1.807, 2.05) is 6.07 Å². The van der Waals surface area contributed by atoms with E-state index in [9.17, 15) is 15.0 Å². The average molecular weight is 242 g/mol. The maximum absolute atomic E-state index is 10.5. The second kappa shape index (κ2) is 5.60. The minimum absolute atomic E-state index is 0. The first-order chi connectivity index (χ1) is 7.18. The van der Waals surface area contributed by atoms with Crippen LogP contribution < -0.4 is 56.5 Å². The summed E-state index contributed by atoms with van der Waals surface area (Å²) in [6.07, 6.45) is 1.22. The van der Waals surface area contributed by atoms with Crippen molar-refractivity contribution >= 4 is 5.97 Å². The molecule has 0 aliphatic carbocycles. The van der Waals surface area contributed by atoms with E-state index < -0.39 is 17.4 Å². The van der Waals surface area contributed by atoms with Crippen molar-refractivity contribution in [2.24, 2.45) is 0 Å². The molecular formula is C10H7KN2O3. The fourth-order valence-electron chi connectivity index (χ4n) is 1.22. The van der Waals surface area contributed by atoms with Gasteiger partial charge in [0.15, 0.2) is 5.75 Å². The van der Waals surface area contributed by atoms with E-state index in [0.29, 0.717) is 5.69 Å². The maximum atomic E-state index is 10.5. The maximum Gasteiger partial charge on any atom is 1.00 e. The molecule has 0 amide bonds. The number of para-hydroxylation sites is 1. The molecule has 0 spiro atoms. The molecule has 0 radical (unpaired) electrons. The predicted octanol–water partition coefficient (Wildman–Crippen LogP) is -3.05. The second-order valence-corrected chi connectivity index (χ2v) is 2.93. The average Bonchev–Trinajstić information content (AvgIpc) is 2.62. The van der Waals surface area contributed by atoms with Crippen molar-refractivity contribution in [1.82, 2.24) is 9.78 Å². The zero-order valence-electron chi connectivity index (χ0n) is 8.62. The Labute approximate surface area is 134 Å². The molecule has 1 aromatic heterocycles.